The fourth-order valence-corrected chi connectivity index (χ4v) is 2.75. The average molecular weight is 266 g/mol. The number of halogens is 2. The molecule has 0 fully saturated rings. The number of hydrogen-bond donors (Lipinski definition) is 1. The third-order valence-corrected chi connectivity index (χ3v) is 4.27. The van der Waals surface area contributed by atoms with Crippen LogP contribution in [0.1, 0.15) is 13.8 Å². The highest BCUT2D eigenvalue weighted by Crippen LogP contribution is 2.16. The van der Waals surface area contributed by atoms with Crippen LogP contribution in [0.25, 0.3) is 0 Å². The molecule has 0 spiro atoms. The van der Waals surface area contributed by atoms with Crippen LogP contribution >= 0.6 is 11.6 Å². The lowest BCUT2D eigenvalue weighted by Gasteiger charge is -2.23. The predicted octanol–water partition coefficient (Wildman–Crippen LogP) is 2.12. The van der Waals surface area contributed by atoms with Gasteiger partial charge in [0.25, 0.3) is 0 Å². The molecule has 90 valence electrons. The van der Waals surface area contributed by atoms with E-state index in [1.54, 1.807) is 13.8 Å². The minimum absolute atomic E-state index is 0.0979. The van der Waals surface area contributed by atoms with Gasteiger partial charge in [0.15, 0.2) is 0 Å². The molecule has 0 amide bonds. The summed E-state index contributed by atoms with van der Waals surface area (Å²) in [7, 11) is -3.87. The van der Waals surface area contributed by atoms with Gasteiger partial charge in [0.1, 0.15) is 10.7 Å². The Bertz CT molecular complexity index is 473. The van der Waals surface area contributed by atoms with Crippen molar-refractivity contribution in [3.63, 3.8) is 0 Å². The molecule has 16 heavy (non-hydrogen) atoms. The van der Waals surface area contributed by atoms with E-state index in [0.717, 1.165) is 6.07 Å². The summed E-state index contributed by atoms with van der Waals surface area (Å²) in [6, 6.07) is 5.20. The van der Waals surface area contributed by atoms with Gasteiger partial charge in [0.2, 0.25) is 10.0 Å². The van der Waals surface area contributed by atoms with Crippen molar-refractivity contribution in [1.29, 1.82) is 0 Å². The molecule has 0 aliphatic rings. The molecule has 1 aromatic carbocycles. The minimum Gasteiger partial charge on any atom is -0.207 e. The number of alkyl halides is 1. The third kappa shape index (κ3) is 3.17. The van der Waals surface area contributed by atoms with Gasteiger partial charge in [0, 0.05) is 11.4 Å². The maximum absolute atomic E-state index is 13.3. The largest absolute Gasteiger partial charge is 0.244 e. The molecule has 0 aromatic heterocycles. The highest BCUT2D eigenvalue weighted by molar-refractivity contribution is 7.89. The third-order valence-electron chi connectivity index (χ3n) is 1.87. The lowest BCUT2D eigenvalue weighted by Crippen LogP contribution is -2.44. The van der Waals surface area contributed by atoms with Gasteiger partial charge in [-0.05, 0) is 26.0 Å². The van der Waals surface area contributed by atoms with Crippen molar-refractivity contribution in [3.8, 4) is 0 Å². The van der Waals surface area contributed by atoms with E-state index in [1.165, 1.54) is 18.2 Å². The Hall–Kier alpha value is -0.650. The van der Waals surface area contributed by atoms with Crippen LogP contribution < -0.4 is 4.72 Å². The van der Waals surface area contributed by atoms with Crippen LogP contribution in [0.3, 0.4) is 0 Å². The van der Waals surface area contributed by atoms with Gasteiger partial charge in [-0.25, -0.2) is 17.5 Å². The molecule has 0 saturated heterocycles. The van der Waals surface area contributed by atoms with Gasteiger partial charge in [-0.3, -0.25) is 0 Å². The Labute approximate surface area is 99.7 Å². The zero-order valence-corrected chi connectivity index (χ0v) is 10.6. The van der Waals surface area contributed by atoms with E-state index in [-0.39, 0.29) is 10.8 Å². The lowest BCUT2D eigenvalue weighted by molar-refractivity contribution is 0.490. The van der Waals surface area contributed by atoms with E-state index in [9.17, 15) is 12.8 Å². The van der Waals surface area contributed by atoms with Crippen molar-refractivity contribution in [3.05, 3.63) is 30.1 Å². The van der Waals surface area contributed by atoms with E-state index in [1.807, 2.05) is 0 Å². The second kappa shape index (κ2) is 4.69. The van der Waals surface area contributed by atoms with Crippen LogP contribution in [0.5, 0.6) is 0 Å². The molecule has 0 unspecified atom stereocenters. The molecular formula is C10H13ClFNO2S. The van der Waals surface area contributed by atoms with Crippen LogP contribution in [0.15, 0.2) is 29.2 Å². The Balaban J connectivity index is 3.09. The Morgan fingerprint density at radius 3 is 2.44 bits per heavy atom. The standard InChI is InChI=1S/C10H13ClFNO2S/c1-10(2,7-11)13-16(14,15)9-6-4-3-5-8(9)12/h3-6,13H,7H2,1-2H3. The fourth-order valence-electron chi connectivity index (χ4n) is 1.11. The van der Waals surface area contributed by atoms with Gasteiger partial charge >= 0.3 is 0 Å². The molecule has 6 heteroatoms. The predicted molar refractivity (Wildman–Crippen MR) is 61.5 cm³/mol. The van der Waals surface area contributed by atoms with Crippen LogP contribution in [-0.4, -0.2) is 19.8 Å². The molecule has 0 atom stereocenters. The van der Waals surface area contributed by atoms with Gasteiger partial charge in [-0.2, -0.15) is 0 Å². The van der Waals surface area contributed by atoms with Crippen molar-refractivity contribution < 1.29 is 12.8 Å². The molecule has 0 radical (unpaired) electrons. The monoisotopic (exact) mass is 265 g/mol. The summed E-state index contributed by atoms with van der Waals surface area (Å²) in [5, 5.41) is 0. The maximum atomic E-state index is 13.3. The summed E-state index contributed by atoms with van der Waals surface area (Å²) in [4.78, 5) is -0.367. The fraction of sp³-hybridized carbons (Fsp3) is 0.400. The van der Waals surface area contributed by atoms with Crippen molar-refractivity contribution in [2.75, 3.05) is 5.88 Å². The number of rotatable bonds is 4. The maximum Gasteiger partial charge on any atom is 0.244 e. The highest BCUT2D eigenvalue weighted by Gasteiger charge is 2.27. The van der Waals surface area contributed by atoms with Crippen molar-refractivity contribution in [1.82, 2.24) is 4.72 Å². The molecule has 3 nitrogen and oxygen atoms in total. The van der Waals surface area contributed by atoms with Crippen molar-refractivity contribution in [2.45, 2.75) is 24.3 Å². The molecule has 0 aliphatic carbocycles. The Morgan fingerprint density at radius 2 is 1.94 bits per heavy atom. The van der Waals surface area contributed by atoms with E-state index in [2.05, 4.69) is 4.72 Å². The van der Waals surface area contributed by atoms with E-state index < -0.39 is 21.4 Å². The van der Waals surface area contributed by atoms with E-state index in [4.69, 9.17) is 11.6 Å². The minimum atomic E-state index is -3.87. The normalized spacial score (nSPS) is 12.8. The number of nitrogens with one attached hydrogen (secondary N) is 1. The Morgan fingerprint density at radius 1 is 1.38 bits per heavy atom. The quantitative estimate of drug-likeness (QED) is 0.848. The number of sulfonamides is 1. The molecular weight excluding hydrogens is 253 g/mol. The smallest absolute Gasteiger partial charge is 0.207 e. The first-order valence-electron chi connectivity index (χ1n) is 4.63. The van der Waals surface area contributed by atoms with Crippen LogP contribution in [0, 0.1) is 5.82 Å². The van der Waals surface area contributed by atoms with Gasteiger partial charge < -0.3 is 0 Å². The number of hydrogen-bond acceptors (Lipinski definition) is 2. The first-order chi connectivity index (χ1) is 7.28. The van der Waals surface area contributed by atoms with E-state index in [0.29, 0.717) is 0 Å². The van der Waals surface area contributed by atoms with Crippen LogP contribution in [0.2, 0.25) is 0 Å². The summed E-state index contributed by atoms with van der Waals surface area (Å²) in [5.41, 5.74) is -0.817. The van der Waals surface area contributed by atoms with Gasteiger partial charge in [-0.1, -0.05) is 12.1 Å². The summed E-state index contributed by atoms with van der Waals surface area (Å²) in [6.45, 7) is 3.25. The first kappa shape index (κ1) is 13.4. The first-order valence-corrected chi connectivity index (χ1v) is 6.65. The molecule has 0 saturated carbocycles. The molecule has 1 N–H and O–H groups in total. The summed E-state index contributed by atoms with van der Waals surface area (Å²) >= 11 is 5.61. The zero-order chi connectivity index (χ0) is 12.4. The summed E-state index contributed by atoms with van der Waals surface area (Å²) in [6.07, 6.45) is 0. The van der Waals surface area contributed by atoms with Crippen LogP contribution in [-0.2, 0) is 10.0 Å². The SMILES string of the molecule is CC(C)(CCl)NS(=O)(=O)c1ccccc1F. The van der Waals surface area contributed by atoms with Crippen molar-refractivity contribution in [2.24, 2.45) is 0 Å². The van der Waals surface area contributed by atoms with E-state index >= 15 is 0 Å². The summed E-state index contributed by atoms with van der Waals surface area (Å²) in [5.74, 6) is -0.680. The van der Waals surface area contributed by atoms with Gasteiger partial charge in [0.05, 0.1) is 0 Å². The molecule has 0 heterocycles. The molecule has 1 aromatic rings. The number of benzene rings is 1. The lowest BCUT2D eigenvalue weighted by atomic mass is 10.1. The van der Waals surface area contributed by atoms with Crippen molar-refractivity contribution >= 4 is 21.6 Å². The average Bonchev–Trinajstić information content (AvgIpc) is 2.16. The topological polar surface area (TPSA) is 46.2 Å². The summed E-state index contributed by atoms with van der Waals surface area (Å²) < 4.78 is 39.3. The zero-order valence-electron chi connectivity index (χ0n) is 9.00. The van der Waals surface area contributed by atoms with Gasteiger partial charge in [-0.15, -0.1) is 11.6 Å². The molecule has 1 rings (SSSR count). The second-order valence-electron chi connectivity index (χ2n) is 4.05. The molecule has 0 aliphatic heterocycles. The molecule has 0 bridgehead atoms. The second-order valence-corrected chi connectivity index (χ2v) is 5.97. The Kier molecular flexibility index (Phi) is 3.93. The highest BCUT2D eigenvalue weighted by atomic mass is 35.5. The van der Waals surface area contributed by atoms with Crippen LogP contribution in [0.4, 0.5) is 4.39 Å².